The Morgan fingerprint density at radius 2 is 1.09 bits per heavy atom. The van der Waals surface area contributed by atoms with Crippen molar-refractivity contribution in [3.63, 3.8) is 0 Å². The van der Waals surface area contributed by atoms with Gasteiger partial charge in [-0.15, -0.1) is 0 Å². The first-order valence-corrected chi connectivity index (χ1v) is 29.4. The van der Waals surface area contributed by atoms with Crippen LogP contribution in [0.5, 0.6) is 0 Å². The van der Waals surface area contributed by atoms with Crippen LogP contribution in [0.1, 0.15) is 138 Å². The van der Waals surface area contributed by atoms with Gasteiger partial charge in [-0.1, -0.05) is 142 Å². The summed E-state index contributed by atoms with van der Waals surface area (Å²) in [4.78, 5) is 142. The Kier molecular flexibility index (Phi) is 23.5. The number of rotatable bonds is 12. The van der Waals surface area contributed by atoms with E-state index in [-0.39, 0.29) is 38.1 Å². The van der Waals surface area contributed by atoms with Gasteiger partial charge in [-0.3, -0.25) is 38.4 Å². The molecule has 19 heteroatoms. The molecule has 19 nitrogen and oxygen atoms in total. The van der Waals surface area contributed by atoms with Crippen molar-refractivity contribution < 1.29 is 53.0 Å². The third kappa shape index (κ3) is 16.4. The van der Waals surface area contributed by atoms with Crippen molar-refractivity contribution >= 4 is 53.2 Å². The lowest BCUT2D eigenvalue weighted by atomic mass is 9.84. The highest BCUT2D eigenvalue weighted by molar-refractivity contribution is 5.99. The number of cyclic esters (lactones) is 1. The quantitative estimate of drug-likeness (QED) is 0.209. The van der Waals surface area contributed by atoms with E-state index in [0.29, 0.717) is 31.2 Å². The Morgan fingerprint density at radius 3 is 1.59 bits per heavy atom. The highest BCUT2D eigenvalue weighted by Gasteiger charge is 2.48. The summed E-state index contributed by atoms with van der Waals surface area (Å²) in [5.41, 5.74) is -0.524. The van der Waals surface area contributed by atoms with Crippen molar-refractivity contribution in [3.05, 3.63) is 71.8 Å². The highest BCUT2D eigenvalue weighted by atomic mass is 16.6. The van der Waals surface area contributed by atoms with Crippen molar-refractivity contribution in [2.45, 2.75) is 200 Å². The van der Waals surface area contributed by atoms with Gasteiger partial charge in [0.25, 0.3) is 5.91 Å². The molecule has 2 heterocycles. The summed E-state index contributed by atoms with van der Waals surface area (Å²) in [6, 6.07) is 8.26. The number of benzene rings is 2. The fourth-order valence-electron chi connectivity index (χ4n) is 12.1. The predicted molar refractivity (Wildman–Crippen MR) is 308 cm³/mol. The smallest absolute Gasteiger partial charge is 0.332 e. The summed E-state index contributed by atoms with van der Waals surface area (Å²) in [6.45, 7) is 17.3. The van der Waals surface area contributed by atoms with Gasteiger partial charge in [-0.25, -0.2) is 4.79 Å². The summed E-state index contributed by atoms with van der Waals surface area (Å²) in [5, 5.41) is 20.7. The lowest BCUT2D eigenvalue weighted by Crippen LogP contribution is -2.63. The van der Waals surface area contributed by atoms with Crippen LogP contribution in [0.4, 0.5) is 0 Å². The first-order chi connectivity index (χ1) is 38.1. The zero-order chi connectivity index (χ0) is 60.2. The topological polar surface area (TPSA) is 235 Å². The average Bonchev–Trinajstić information content (AvgIpc) is 3.95. The second-order valence-corrected chi connectivity index (χ2v) is 24.7. The van der Waals surface area contributed by atoms with Crippen LogP contribution in [-0.2, 0) is 60.7 Å². The van der Waals surface area contributed by atoms with E-state index in [1.807, 2.05) is 88.4 Å². The number of carbonyl (C=O) groups excluding carboxylic acids is 9. The zero-order valence-corrected chi connectivity index (χ0v) is 50.6. The second kappa shape index (κ2) is 29.0. The molecule has 1 aliphatic carbocycles. The van der Waals surface area contributed by atoms with E-state index in [2.05, 4.69) is 16.0 Å². The number of hydrogen-bond acceptors (Lipinski definition) is 11. The number of fused-ring (bicyclic) bond motifs is 1. The van der Waals surface area contributed by atoms with Crippen LogP contribution in [0.2, 0.25) is 0 Å². The number of likely N-dealkylation sites (N-methyl/N-ethyl adjacent to an activating group) is 4. The molecular formula is C62H94N8O11. The largest absolute Gasteiger partial charge is 0.450 e. The zero-order valence-electron chi connectivity index (χ0n) is 50.6. The lowest BCUT2D eigenvalue weighted by molar-refractivity contribution is -0.178. The van der Waals surface area contributed by atoms with E-state index in [9.17, 15) is 29.1 Å². The molecule has 2 aliphatic heterocycles. The molecule has 8 amide bonds. The molecule has 2 aromatic rings. The first kappa shape index (κ1) is 65.4. The number of esters is 1. The monoisotopic (exact) mass is 1130 g/mol. The second-order valence-electron chi connectivity index (χ2n) is 24.7. The first-order valence-electron chi connectivity index (χ1n) is 29.4. The number of hydrogen-bond donors (Lipinski definition) is 4. The average molecular weight is 1130 g/mol. The van der Waals surface area contributed by atoms with Gasteiger partial charge in [0.1, 0.15) is 42.3 Å². The highest BCUT2D eigenvalue weighted by Crippen LogP contribution is 2.32. The van der Waals surface area contributed by atoms with Crippen LogP contribution in [-0.4, -0.2) is 178 Å². The number of nitrogens with zero attached hydrogens (tertiary/aromatic N) is 5. The van der Waals surface area contributed by atoms with Gasteiger partial charge in [0.2, 0.25) is 41.4 Å². The third-order valence-corrected chi connectivity index (χ3v) is 16.7. The van der Waals surface area contributed by atoms with Gasteiger partial charge in [-0.2, -0.15) is 0 Å². The standard InChI is InChI=1S/C62H94N8O11/c1-15-40(8)48-59(77)67(12)49(38(4)5)54(72)63-44(34-37(2)3)57(75)69(14)52(62(9,10)80)61(79)81-51(43-30-23-18-24-31-43)60(78)68(13)50(39(6)7)55(73)64-45(35-41-26-19-16-20-27-41)56(74)66(11)47(36-42-28-21-17-22-29-42)58(76)70-33-25-32-46(70)53(71)65-48/h16-17,19-22,26-29,37-40,43-52,80H,15,18,23-25,30-36H2,1-14H3,(H,63,72)(H,64,73)(H,65,71)/t40-,44+,45+,46+,47+,48+,49+,50+,51-,52-/m1/s1. The molecule has 3 aliphatic rings. The molecule has 448 valence electrons. The molecule has 10 atom stereocenters. The van der Waals surface area contributed by atoms with Gasteiger partial charge in [0.05, 0.1) is 5.60 Å². The fourth-order valence-corrected chi connectivity index (χ4v) is 12.1. The van der Waals surface area contributed by atoms with Crippen molar-refractivity contribution in [1.82, 2.24) is 40.4 Å². The van der Waals surface area contributed by atoms with Gasteiger partial charge in [0.15, 0.2) is 12.1 Å². The van der Waals surface area contributed by atoms with E-state index in [1.54, 1.807) is 27.7 Å². The minimum Gasteiger partial charge on any atom is -0.450 e. The van der Waals surface area contributed by atoms with Crippen molar-refractivity contribution in [2.24, 2.45) is 29.6 Å². The Balaban J connectivity index is 1.70. The van der Waals surface area contributed by atoms with Gasteiger partial charge in [-0.05, 0) is 80.8 Å². The van der Waals surface area contributed by atoms with E-state index in [0.717, 1.165) is 29.7 Å². The van der Waals surface area contributed by atoms with Gasteiger partial charge < -0.3 is 50.3 Å². The molecule has 3 fully saturated rings. The maximum Gasteiger partial charge on any atom is 0.332 e. The summed E-state index contributed by atoms with van der Waals surface area (Å²) in [7, 11) is 5.76. The number of carbonyl (C=O) groups is 9. The molecule has 0 unspecified atom stereocenters. The van der Waals surface area contributed by atoms with Crippen molar-refractivity contribution in [1.29, 1.82) is 0 Å². The molecule has 2 aromatic carbocycles. The van der Waals surface area contributed by atoms with Crippen LogP contribution in [0.15, 0.2) is 60.7 Å². The van der Waals surface area contributed by atoms with E-state index < -0.39 is 137 Å². The van der Waals surface area contributed by atoms with Crippen LogP contribution < -0.4 is 16.0 Å². The third-order valence-electron chi connectivity index (χ3n) is 16.7. The Morgan fingerprint density at radius 1 is 0.580 bits per heavy atom. The molecule has 0 aromatic heterocycles. The molecular weight excluding hydrogens is 1030 g/mol. The Labute approximate surface area is 481 Å². The number of ether oxygens (including phenoxy) is 1. The van der Waals surface area contributed by atoms with Crippen LogP contribution in [0, 0.1) is 29.6 Å². The van der Waals surface area contributed by atoms with Gasteiger partial charge in [0, 0.05) is 53.5 Å². The normalized spacial score (nSPS) is 27.1. The number of aliphatic hydroxyl groups is 1. The Bertz CT molecular complexity index is 2500. The van der Waals surface area contributed by atoms with E-state index in [4.69, 9.17) is 4.74 Å². The summed E-state index contributed by atoms with van der Waals surface area (Å²) in [6.07, 6.45) is 3.26. The van der Waals surface area contributed by atoms with Gasteiger partial charge >= 0.3 is 5.97 Å². The van der Waals surface area contributed by atoms with E-state index >= 15 is 19.2 Å². The molecule has 0 radical (unpaired) electrons. The van der Waals surface area contributed by atoms with Crippen molar-refractivity contribution in [2.75, 3.05) is 34.7 Å². The minimum absolute atomic E-state index is 0.00237. The summed E-state index contributed by atoms with van der Waals surface area (Å²) >= 11 is 0. The molecule has 5 rings (SSSR count). The fraction of sp³-hybridized carbons (Fsp3) is 0.661. The number of amides is 8. The molecule has 81 heavy (non-hydrogen) atoms. The SMILES string of the molecule is CC[C@@H](C)[C@@H]1NC(=O)[C@@H]2CCCN2C(=O)[C@H](Cc2ccccc2)N(C)C(=O)[C@H](Cc2ccccc2)NC(=O)[C@H](C(C)C)N(C)C(=O)[C@@H](C2CCCCC2)OC(=O)[C@H](C(C)(C)O)N(C)C(=O)[C@H](CC(C)C)NC(=O)[C@H](C(C)C)N(C)C1=O. The predicted octanol–water partition coefficient (Wildman–Crippen LogP) is 4.91. The molecule has 2 saturated heterocycles. The van der Waals surface area contributed by atoms with Crippen LogP contribution >= 0.6 is 0 Å². The Hall–Kier alpha value is -6.37. The summed E-state index contributed by atoms with van der Waals surface area (Å²) < 4.78 is 6.28. The summed E-state index contributed by atoms with van der Waals surface area (Å²) in [5.74, 6) is -8.29. The molecule has 4 N–H and O–H groups in total. The number of nitrogens with one attached hydrogen (secondary N) is 3. The van der Waals surface area contributed by atoms with Crippen LogP contribution in [0.25, 0.3) is 0 Å². The van der Waals surface area contributed by atoms with E-state index in [1.165, 1.54) is 61.6 Å². The molecule has 1 saturated carbocycles. The van der Waals surface area contributed by atoms with Crippen molar-refractivity contribution in [3.8, 4) is 0 Å². The molecule has 0 spiro atoms. The molecule has 0 bridgehead atoms. The maximum absolute atomic E-state index is 15.4. The van der Waals surface area contributed by atoms with Crippen LogP contribution in [0.3, 0.4) is 0 Å². The maximum atomic E-state index is 15.4. The minimum atomic E-state index is -1.96. The lowest BCUT2D eigenvalue weighted by Gasteiger charge is -2.40.